The van der Waals surface area contributed by atoms with Crippen molar-refractivity contribution in [3.05, 3.63) is 12.7 Å². The predicted molar refractivity (Wildman–Crippen MR) is 77.2 cm³/mol. The number of nitrogens with two attached hydrogens (primary N) is 1. The molecule has 1 heterocycles. The van der Waals surface area contributed by atoms with Crippen molar-refractivity contribution in [3.63, 3.8) is 0 Å². The van der Waals surface area contributed by atoms with Crippen molar-refractivity contribution in [1.82, 2.24) is 5.32 Å². The summed E-state index contributed by atoms with van der Waals surface area (Å²) in [6.45, 7) is 9.98. The third-order valence-electron chi connectivity index (χ3n) is 4.83. The average Bonchev–Trinajstić information content (AvgIpc) is 2.89. The van der Waals surface area contributed by atoms with E-state index in [1.54, 1.807) is 0 Å². The Morgan fingerprint density at radius 2 is 2.30 bits per heavy atom. The molecule has 2 rings (SSSR count). The lowest BCUT2D eigenvalue weighted by Gasteiger charge is -2.60. The molecule has 0 aromatic rings. The summed E-state index contributed by atoms with van der Waals surface area (Å²) in [5.74, 6) is 0.0563. The number of fused-ring (bicyclic) bond motifs is 1. The van der Waals surface area contributed by atoms with Gasteiger partial charge >= 0.3 is 0 Å². The Hall–Kier alpha value is -0.910. The molecule has 1 amide bonds. The van der Waals surface area contributed by atoms with Gasteiger partial charge < -0.3 is 20.5 Å². The zero-order chi connectivity index (χ0) is 14.8. The van der Waals surface area contributed by atoms with Gasteiger partial charge in [0.15, 0.2) is 0 Å². The van der Waals surface area contributed by atoms with Crippen LogP contribution < -0.4 is 11.1 Å². The molecule has 114 valence electrons. The molecule has 3 atom stereocenters. The van der Waals surface area contributed by atoms with Gasteiger partial charge in [-0.15, -0.1) is 6.58 Å². The molecule has 2 aliphatic rings. The van der Waals surface area contributed by atoms with Crippen LogP contribution in [0.5, 0.6) is 0 Å². The maximum Gasteiger partial charge on any atom is 0.241 e. The number of carbonyl (C=O) groups is 1. The second-order valence-electron chi connectivity index (χ2n) is 6.22. The van der Waals surface area contributed by atoms with E-state index in [-0.39, 0.29) is 23.3 Å². The fourth-order valence-electron chi connectivity index (χ4n) is 3.50. The largest absolute Gasteiger partial charge is 0.379 e. The van der Waals surface area contributed by atoms with Crippen LogP contribution in [0.2, 0.25) is 0 Å². The van der Waals surface area contributed by atoms with Crippen LogP contribution in [0.1, 0.15) is 26.7 Å². The summed E-state index contributed by atoms with van der Waals surface area (Å²) >= 11 is 0. The Kier molecular flexibility index (Phi) is 4.52. The number of hydrogen-bond acceptors (Lipinski definition) is 4. The van der Waals surface area contributed by atoms with E-state index in [1.165, 1.54) is 0 Å². The molecule has 0 bridgehead atoms. The molecular weight excluding hydrogens is 256 g/mol. The highest BCUT2D eigenvalue weighted by atomic mass is 16.5. The maximum atomic E-state index is 12.4. The van der Waals surface area contributed by atoms with Crippen molar-refractivity contribution in [2.24, 2.45) is 17.1 Å². The van der Waals surface area contributed by atoms with Crippen molar-refractivity contribution in [1.29, 1.82) is 0 Å². The molecule has 3 N–H and O–H groups in total. The molecular formula is C15H26N2O3. The van der Waals surface area contributed by atoms with Crippen LogP contribution in [0.3, 0.4) is 0 Å². The van der Waals surface area contributed by atoms with Crippen molar-refractivity contribution in [2.45, 2.75) is 38.3 Å². The van der Waals surface area contributed by atoms with Crippen molar-refractivity contribution in [3.8, 4) is 0 Å². The number of nitrogens with one attached hydrogen (secondary N) is 1. The molecule has 5 heteroatoms. The molecule has 0 aromatic heterocycles. The van der Waals surface area contributed by atoms with Gasteiger partial charge in [0.05, 0.1) is 19.3 Å². The maximum absolute atomic E-state index is 12.4. The first kappa shape index (κ1) is 15.5. The molecule has 1 aliphatic carbocycles. The third kappa shape index (κ3) is 2.28. The van der Waals surface area contributed by atoms with Crippen LogP contribution >= 0.6 is 0 Å². The molecule has 0 radical (unpaired) electrons. The Morgan fingerprint density at radius 1 is 1.55 bits per heavy atom. The number of rotatable bonds is 7. The fourth-order valence-corrected chi connectivity index (χ4v) is 3.50. The minimum atomic E-state index is -0.824. The van der Waals surface area contributed by atoms with E-state index in [0.29, 0.717) is 26.4 Å². The smallest absolute Gasteiger partial charge is 0.241 e. The number of hydrogen-bond donors (Lipinski definition) is 2. The van der Waals surface area contributed by atoms with Crippen LogP contribution in [0.4, 0.5) is 0 Å². The second kappa shape index (κ2) is 5.84. The van der Waals surface area contributed by atoms with Crippen LogP contribution in [0.15, 0.2) is 12.7 Å². The molecule has 3 unspecified atom stereocenters. The lowest BCUT2D eigenvalue weighted by Crippen LogP contribution is -2.80. The lowest BCUT2D eigenvalue weighted by molar-refractivity contribution is -0.175. The van der Waals surface area contributed by atoms with Gasteiger partial charge in [0.25, 0.3) is 0 Å². The van der Waals surface area contributed by atoms with E-state index < -0.39 is 5.54 Å². The monoisotopic (exact) mass is 282 g/mol. The van der Waals surface area contributed by atoms with E-state index in [2.05, 4.69) is 11.9 Å². The van der Waals surface area contributed by atoms with Gasteiger partial charge in [-0.2, -0.15) is 0 Å². The summed E-state index contributed by atoms with van der Waals surface area (Å²) in [6, 6.07) is 0. The fraction of sp³-hybridized carbons (Fsp3) is 0.800. The molecule has 2 fully saturated rings. The van der Waals surface area contributed by atoms with Gasteiger partial charge in [0.2, 0.25) is 5.91 Å². The summed E-state index contributed by atoms with van der Waals surface area (Å²) in [4.78, 5) is 12.4. The van der Waals surface area contributed by atoms with E-state index in [4.69, 9.17) is 15.2 Å². The summed E-state index contributed by atoms with van der Waals surface area (Å²) in [6.07, 6.45) is 3.61. The molecule has 20 heavy (non-hydrogen) atoms. The van der Waals surface area contributed by atoms with Crippen molar-refractivity contribution in [2.75, 3.05) is 26.4 Å². The standard InChI is InChI=1S/C15H26N2O3/c1-4-5-8-19-10-7-17-13(18)15(16)11-6-9-20-12(11)14(15,2)3/h4,11-12H,1,5-10,16H2,2-3H3,(H,17,18). The first-order chi connectivity index (χ1) is 9.46. The molecule has 5 nitrogen and oxygen atoms in total. The van der Waals surface area contributed by atoms with Gasteiger partial charge in [-0.3, -0.25) is 4.79 Å². The molecule has 0 aromatic carbocycles. The minimum Gasteiger partial charge on any atom is -0.379 e. The van der Waals surface area contributed by atoms with E-state index in [9.17, 15) is 4.79 Å². The predicted octanol–water partition coefficient (Wildman–Crippen LogP) is 0.838. The highest BCUT2D eigenvalue weighted by molar-refractivity contribution is 5.89. The number of carbonyl (C=O) groups excluding carboxylic acids is 1. The zero-order valence-corrected chi connectivity index (χ0v) is 12.5. The summed E-state index contributed by atoms with van der Waals surface area (Å²) in [5, 5.41) is 2.90. The van der Waals surface area contributed by atoms with Crippen molar-refractivity contribution < 1.29 is 14.3 Å². The summed E-state index contributed by atoms with van der Waals surface area (Å²) in [7, 11) is 0. The van der Waals surface area contributed by atoms with Crippen molar-refractivity contribution >= 4 is 5.91 Å². The second-order valence-corrected chi connectivity index (χ2v) is 6.22. The molecule has 1 saturated carbocycles. The first-order valence-electron chi connectivity index (χ1n) is 7.33. The van der Waals surface area contributed by atoms with Crippen LogP contribution in [0.25, 0.3) is 0 Å². The quantitative estimate of drug-likeness (QED) is 0.536. The highest BCUT2D eigenvalue weighted by Gasteiger charge is 2.71. The average molecular weight is 282 g/mol. The zero-order valence-electron chi connectivity index (χ0n) is 12.5. The SMILES string of the molecule is C=CCCOCCNC(=O)C1(N)C2CCOC2C1(C)C. The van der Waals surface area contributed by atoms with E-state index >= 15 is 0 Å². The van der Waals surface area contributed by atoms with Crippen LogP contribution in [0, 0.1) is 11.3 Å². The normalized spacial score (nSPS) is 34.1. The van der Waals surface area contributed by atoms with Gasteiger partial charge in [-0.05, 0) is 12.8 Å². The Bertz CT molecular complexity index is 383. The Labute approximate surface area is 120 Å². The van der Waals surface area contributed by atoms with Gasteiger partial charge in [-0.1, -0.05) is 19.9 Å². The van der Waals surface area contributed by atoms with E-state index in [1.807, 2.05) is 19.9 Å². The van der Waals surface area contributed by atoms with Gasteiger partial charge in [0, 0.05) is 24.5 Å². The Morgan fingerprint density at radius 3 is 3.00 bits per heavy atom. The first-order valence-corrected chi connectivity index (χ1v) is 7.33. The number of ether oxygens (including phenoxy) is 2. The Balaban J connectivity index is 1.81. The van der Waals surface area contributed by atoms with Gasteiger partial charge in [-0.25, -0.2) is 0 Å². The number of amides is 1. The minimum absolute atomic E-state index is 0.0819. The summed E-state index contributed by atoms with van der Waals surface area (Å²) < 4.78 is 11.1. The molecule has 0 spiro atoms. The summed E-state index contributed by atoms with van der Waals surface area (Å²) in [5.41, 5.74) is 5.28. The topological polar surface area (TPSA) is 73.6 Å². The molecule has 1 saturated heterocycles. The van der Waals surface area contributed by atoms with E-state index in [0.717, 1.165) is 12.8 Å². The third-order valence-corrected chi connectivity index (χ3v) is 4.83. The van der Waals surface area contributed by atoms with Crippen LogP contribution in [-0.4, -0.2) is 43.9 Å². The highest BCUT2D eigenvalue weighted by Crippen LogP contribution is 2.58. The molecule has 1 aliphatic heterocycles. The lowest BCUT2D eigenvalue weighted by atomic mass is 9.48. The van der Waals surface area contributed by atoms with Crippen LogP contribution in [-0.2, 0) is 14.3 Å². The van der Waals surface area contributed by atoms with Gasteiger partial charge in [0.1, 0.15) is 5.54 Å².